The van der Waals surface area contributed by atoms with Gasteiger partial charge >= 0.3 is 0 Å². The average Bonchev–Trinajstić information content (AvgIpc) is 2.26. The Labute approximate surface area is 101 Å². The third kappa shape index (κ3) is 4.90. The van der Waals surface area contributed by atoms with Crippen molar-refractivity contribution in [3.05, 3.63) is 35.9 Å². The van der Waals surface area contributed by atoms with Gasteiger partial charge in [0.1, 0.15) is 0 Å². The van der Waals surface area contributed by atoms with Gasteiger partial charge in [-0.05, 0) is 18.4 Å². The Morgan fingerprint density at radius 1 is 1.25 bits per heavy atom. The second kappa shape index (κ2) is 6.81. The van der Waals surface area contributed by atoms with E-state index in [0.717, 1.165) is 12.3 Å². The Bertz CT molecular complexity index is 326. The summed E-state index contributed by atoms with van der Waals surface area (Å²) in [5, 5.41) is 3.42. The minimum atomic E-state index is -0.717. The average molecular weight is 239 g/mol. The van der Waals surface area contributed by atoms with E-state index < -0.39 is 10.8 Å². The lowest BCUT2D eigenvalue weighted by Gasteiger charge is -2.17. The van der Waals surface area contributed by atoms with Crippen LogP contribution in [0.15, 0.2) is 30.3 Å². The predicted octanol–water partition coefficient (Wildman–Crippen LogP) is 2.15. The van der Waals surface area contributed by atoms with E-state index in [-0.39, 0.29) is 0 Å². The fourth-order valence-electron chi connectivity index (χ4n) is 1.69. The molecule has 90 valence electrons. The number of nitrogens with one attached hydrogen (secondary N) is 1. The van der Waals surface area contributed by atoms with E-state index in [0.29, 0.717) is 12.0 Å². The van der Waals surface area contributed by atoms with E-state index in [2.05, 4.69) is 43.4 Å². The van der Waals surface area contributed by atoms with E-state index in [1.807, 2.05) is 6.07 Å². The first kappa shape index (κ1) is 13.4. The third-order valence-corrected chi connectivity index (χ3v) is 3.60. The summed E-state index contributed by atoms with van der Waals surface area (Å²) >= 11 is 0. The second-order valence-corrected chi connectivity index (χ2v) is 5.84. The van der Waals surface area contributed by atoms with Gasteiger partial charge in [0.15, 0.2) is 0 Å². The van der Waals surface area contributed by atoms with E-state index in [4.69, 9.17) is 0 Å². The highest BCUT2D eigenvalue weighted by Crippen LogP contribution is 2.13. The Hall–Kier alpha value is -0.670. The summed E-state index contributed by atoms with van der Waals surface area (Å²) in [5.74, 6) is 1.22. The van der Waals surface area contributed by atoms with Crippen LogP contribution in [0, 0.1) is 0 Å². The summed E-state index contributed by atoms with van der Waals surface area (Å²) in [6.45, 7) is 5.22. The SMILES string of the molecule is C[C@H](C[S@@](C)=O)NC[C@@H](C)c1ccccc1. The summed E-state index contributed by atoms with van der Waals surface area (Å²) in [7, 11) is -0.717. The van der Waals surface area contributed by atoms with Crippen molar-refractivity contribution in [3.63, 3.8) is 0 Å². The number of hydrogen-bond acceptors (Lipinski definition) is 2. The maximum absolute atomic E-state index is 11.0. The molecule has 0 heterocycles. The zero-order valence-electron chi connectivity index (χ0n) is 10.3. The van der Waals surface area contributed by atoms with E-state index >= 15 is 0 Å². The molecule has 1 aromatic carbocycles. The van der Waals surface area contributed by atoms with Gasteiger partial charge in [0.05, 0.1) is 0 Å². The second-order valence-electron chi connectivity index (χ2n) is 4.36. The number of benzene rings is 1. The van der Waals surface area contributed by atoms with Crippen molar-refractivity contribution < 1.29 is 4.21 Å². The lowest BCUT2D eigenvalue weighted by atomic mass is 10.0. The minimum absolute atomic E-state index is 0.317. The van der Waals surface area contributed by atoms with Gasteiger partial charge in [0.25, 0.3) is 0 Å². The zero-order valence-corrected chi connectivity index (χ0v) is 11.1. The maximum atomic E-state index is 11.0. The van der Waals surface area contributed by atoms with Gasteiger partial charge in [0.2, 0.25) is 0 Å². The molecule has 0 unspecified atom stereocenters. The van der Waals surface area contributed by atoms with Crippen molar-refractivity contribution in [1.82, 2.24) is 5.32 Å². The highest BCUT2D eigenvalue weighted by atomic mass is 32.2. The molecule has 3 atom stereocenters. The first-order valence-electron chi connectivity index (χ1n) is 5.68. The normalized spacial score (nSPS) is 16.7. The summed E-state index contributed by atoms with van der Waals surface area (Å²) in [5.41, 5.74) is 1.35. The highest BCUT2D eigenvalue weighted by molar-refractivity contribution is 7.84. The first-order valence-corrected chi connectivity index (χ1v) is 7.40. The van der Waals surface area contributed by atoms with E-state index in [1.54, 1.807) is 6.26 Å². The molecule has 0 aliphatic heterocycles. The summed E-state index contributed by atoms with van der Waals surface area (Å²) in [4.78, 5) is 0. The van der Waals surface area contributed by atoms with Gasteiger partial charge in [0, 0.05) is 35.4 Å². The van der Waals surface area contributed by atoms with Crippen molar-refractivity contribution in [3.8, 4) is 0 Å². The quantitative estimate of drug-likeness (QED) is 0.824. The van der Waals surface area contributed by atoms with Crippen LogP contribution in [0.5, 0.6) is 0 Å². The number of rotatable bonds is 6. The lowest BCUT2D eigenvalue weighted by molar-refractivity contribution is 0.549. The number of hydrogen-bond donors (Lipinski definition) is 1. The summed E-state index contributed by atoms with van der Waals surface area (Å²) < 4.78 is 11.0. The van der Waals surface area contributed by atoms with Crippen LogP contribution < -0.4 is 5.32 Å². The molecule has 0 fully saturated rings. The fraction of sp³-hybridized carbons (Fsp3) is 0.538. The van der Waals surface area contributed by atoms with Crippen molar-refractivity contribution in [2.24, 2.45) is 0 Å². The summed E-state index contributed by atoms with van der Waals surface area (Å²) in [6, 6.07) is 10.8. The molecule has 1 rings (SSSR count). The Morgan fingerprint density at radius 3 is 2.44 bits per heavy atom. The molecular formula is C13H21NOS. The van der Waals surface area contributed by atoms with Crippen molar-refractivity contribution in [2.75, 3.05) is 18.6 Å². The van der Waals surface area contributed by atoms with Crippen LogP contribution in [0.25, 0.3) is 0 Å². The smallest absolute Gasteiger partial charge is 0.0383 e. The zero-order chi connectivity index (χ0) is 12.0. The predicted molar refractivity (Wildman–Crippen MR) is 71.3 cm³/mol. The Kier molecular flexibility index (Phi) is 5.71. The van der Waals surface area contributed by atoms with Crippen LogP contribution in [0.2, 0.25) is 0 Å². The Balaban J connectivity index is 2.35. The molecule has 0 aliphatic rings. The lowest BCUT2D eigenvalue weighted by Crippen LogP contribution is -2.33. The molecule has 0 aromatic heterocycles. The fourth-order valence-corrected chi connectivity index (χ4v) is 2.51. The molecule has 1 N–H and O–H groups in total. The molecule has 3 heteroatoms. The first-order chi connectivity index (χ1) is 7.59. The summed E-state index contributed by atoms with van der Waals surface area (Å²) in [6.07, 6.45) is 1.75. The minimum Gasteiger partial charge on any atom is -0.313 e. The van der Waals surface area contributed by atoms with Gasteiger partial charge in [-0.15, -0.1) is 0 Å². The van der Waals surface area contributed by atoms with Crippen molar-refractivity contribution in [2.45, 2.75) is 25.8 Å². The molecule has 0 radical (unpaired) electrons. The van der Waals surface area contributed by atoms with Gasteiger partial charge < -0.3 is 5.32 Å². The van der Waals surface area contributed by atoms with Crippen LogP contribution in [0.4, 0.5) is 0 Å². The van der Waals surface area contributed by atoms with Gasteiger partial charge in [-0.3, -0.25) is 4.21 Å². The van der Waals surface area contributed by atoms with Gasteiger partial charge in [-0.25, -0.2) is 0 Å². The van der Waals surface area contributed by atoms with Crippen LogP contribution in [0.3, 0.4) is 0 Å². The third-order valence-electron chi connectivity index (χ3n) is 2.63. The van der Waals surface area contributed by atoms with Gasteiger partial charge in [-0.2, -0.15) is 0 Å². The maximum Gasteiger partial charge on any atom is 0.0383 e. The molecule has 16 heavy (non-hydrogen) atoms. The molecule has 0 saturated carbocycles. The van der Waals surface area contributed by atoms with Crippen LogP contribution in [-0.2, 0) is 10.8 Å². The largest absolute Gasteiger partial charge is 0.313 e. The molecular weight excluding hydrogens is 218 g/mol. The molecule has 0 spiro atoms. The molecule has 0 bridgehead atoms. The van der Waals surface area contributed by atoms with E-state index in [1.165, 1.54) is 5.56 Å². The monoisotopic (exact) mass is 239 g/mol. The topological polar surface area (TPSA) is 29.1 Å². The van der Waals surface area contributed by atoms with Crippen LogP contribution in [0.1, 0.15) is 25.3 Å². The molecule has 0 amide bonds. The van der Waals surface area contributed by atoms with E-state index in [9.17, 15) is 4.21 Å². The Morgan fingerprint density at radius 2 is 1.88 bits per heavy atom. The molecule has 1 aromatic rings. The standard InChI is InChI=1S/C13H21NOS/c1-11(13-7-5-4-6-8-13)9-14-12(2)10-16(3)15/h4-8,11-12,14H,9-10H2,1-3H3/t11-,12-,16-/m1/s1. The molecule has 2 nitrogen and oxygen atoms in total. The van der Waals surface area contributed by atoms with Crippen LogP contribution >= 0.6 is 0 Å². The van der Waals surface area contributed by atoms with Crippen molar-refractivity contribution >= 4 is 10.8 Å². The van der Waals surface area contributed by atoms with Gasteiger partial charge in [-0.1, -0.05) is 37.3 Å². The van der Waals surface area contributed by atoms with Crippen LogP contribution in [-0.4, -0.2) is 28.8 Å². The highest BCUT2D eigenvalue weighted by Gasteiger charge is 2.08. The molecule has 0 saturated heterocycles. The van der Waals surface area contributed by atoms with Crippen molar-refractivity contribution in [1.29, 1.82) is 0 Å². The molecule has 0 aliphatic carbocycles.